The van der Waals surface area contributed by atoms with Gasteiger partial charge in [-0.3, -0.25) is 4.79 Å². The van der Waals surface area contributed by atoms with Crippen molar-refractivity contribution < 1.29 is 13.2 Å². The Labute approximate surface area is 138 Å². The van der Waals surface area contributed by atoms with E-state index >= 15 is 0 Å². The Balaban J connectivity index is 1.71. The van der Waals surface area contributed by atoms with E-state index in [0.717, 1.165) is 11.3 Å². The van der Waals surface area contributed by atoms with Gasteiger partial charge in [0.05, 0.1) is 5.75 Å². The molecule has 0 bridgehead atoms. The number of rotatable bonds is 5. The highest BCUT2D eigenvalue weighted by Gasteiger charge is 2.20. The van der Waals surface area contributed by atoms with E-state index in [1.54, 1.807) is 13.0 Å². The summed E-state index contributed by atoms with van der Waals surface area (Å²) < 4.78 is 27.5. The molecule has 1 amide bonds. The van der Waals surface area contributed by atoms with E-state index in [1.165, 1.54) is 10.7 Å². The fourth-order valence-electron chi connectivity index (χ4n) is 2.14. The number of amides is 1. The van der Waals surface area contributed by atoms with Gasteiger partial charge in [0.1, 0.15) is 0 Å². The van der Waals surface area contributed by atoms with E-state index in [9.17, 15) is 13.2 Å². The van der Waals surface area contributed by atoms with E-state index < -0.39 is 15.9 Å². The molecule has 0 aliphatic rings. The van der Waals surface area contributed by atoms with Crippen molar-refractivity contribution in [2.24, 2.45) is 0 Å². The van der Waals surface area contributed by atoms with Gasteiger partial charge in [-0.15, -0.1) is 5.10 Å². The first-order valence-corrected chi connectivity index (χ1v) is 8.87. The van der Waals surface area contributed by atoms with Gasteiger partial charge in [-0.1, -0.05) is 30.3 Å². The third-order valence-electron chi connectivity index (χ3n) is 3.38. The van der Waals surface area contributed by atoms with Crippen LogP contribution in [0.2, 0.25) is 0 Å². The number of sulfonamides is 1. The number of fused-ring (bicyclic) bond motifs is 1. The topological polar surface area (TPSA) is 106 Å². The first kappa shape index (κ1) is 16.1. The Morgan fingerprint density at radius 1 is 1.21 bits per heavy atom. The highest BCUT2D eigenvalue weighted by molar-refractivity contribution is 7.90. The van der Waals surface area contributed by atoms with Gasteiger partial charge >= 0.3 is 5.91 Å². The lowest BCUT2D eigenvalue weighted by atomic mass is 10.2. The Morgan fingerprint density at radius 2 is 1.96 bits per heavy atom. The van der Waals surface area contributed by atoms with Crippen LogP contribution in [0.1, 0.15) is 21.9 Å². The molecule has 124 valence electrons. The molecule has 8 nitrogen and oxygen atoms in total. The summed E-state index contributed by atoms with van der Waals surface area (Å²) in [7, 11) is -3.78. The predicted molar refractivity (Wildman–Crippen MR) is 86.9 cm³/mol. The fourth-order valence-corrected chi connectivity index (χ4v) is 3.12. The van der Waals surface area contributed by atoms with Crippen molar-refractivity contribution >= 4 is 21.7 Å². The zero-order valence-corrected chi connectivity index (χ0v) is 13.7. The normalized spacial score (nSPS) is 11.5. The van der Waals surface area contributed by atoms with Crippen molar-refractivity contribution in [3.63, 3.8) is 0 Å². The molecule has 1 aromatic carbocycles. The minimum atomic E-state index is -3.78. The molecule has 0 unspecified atom stereocenters. The largest absolute Gasteiger partial charge is 0.304 e. The molecule has 3 rings (SSSR count). The smallest absolute Gasteiger partial charge is 0.264 e. The highest BCUT2D eigenvalue weighted by atomic mass is 32.2. The van der Waals surface area contributed by atoms with Crippen molar-refractivity contribution in [1.29, 1.82) is 0 Å². The van der Waals surface area contributed by atoms with E-state index in [1.807, 2.05) is 35.1 Å². The van der Waals surface area contributed by atoms with Crippen LogP contribution in [-0.2, 0) is 16.4 Å². The number of carbonyl (C=O) groups excluding carboxylic acids is 1. The molecule has 0 spiro atoms. The Morgan fingerprint density at radius 3 is 2.67 bits per heavy atom. The van der Waals surface area contributed by atoms with E-state index in [-0.39, 0.29) is 17.4 Å². The van der Waals surface area contributed by atoms with Crippen molar-refractivity contribution in [2.45, 2.75) is 13.3 Å². The minimum Gasteiger partial charge on any atom is -0.264 e. The van der Waals surface area contributed by atoms with E-state index in [0.29, 0.717) is 6.42 Å². The molecule has 0 atom stereocenters. The molecular weight excluding hydrogens is 330 g/mol. The molecule has 3 aromatic rings. The standard InChI is InChI=1S/C15H15N5O3S/c1-11-7-9-16-15-17-13(18-20(11)15)14(21)19-24(22,23)10-8-12-5-3-2-4-6-12/h2-7,9H,8,10H2,1H3,(H,19,21). The lowest BCUT2D eigenvalue weighted by molar-refractivity contribution is 0.0971. The molecule has 0 fully saturated rings. The molecule has 0 aliphatic carbocycles. The molecule has 24 heavy (non-hydrogen) atoms. The maximum atomic E-state index is 12.1. The van der Waals surface area contributed by atoms with Gasteiger partial charge in [-0.25, -0.2) is 22.6 Å². The van der Waals surface area contributed by atoms with Crippen LogP contribution in [0.25, 0.3) is 5.78 Å². The summed E-state index contributed by atoms with van der Waals surface area (Å²) in [4.78, 5) is 20.0. The summed E-state index contributed by atoms with van der Waals surface area (Å²) >= 11 is 0. The van der Waals surface area contributed by atoms with Crippen LogP contribution in [0.4, 0.5) is 0 Å². The van der Waals surface area contributed by atoms with Crippen molar-refractivity contribution in [2.75, 3.05) is 5.75 Å². The quantitative estimate of drug-likeness (QED) is 0.731. The lowest BCUT2D eigenvalue weighted by Crippen LogP contribution is -2.33. The number of carbonyl (C=O) groups is 1. The van der Waals surface area contributed by atoms with Crippen molar-refractivity contribution in [3.05, 3.63) is 59.7 Å². The van der Waals surface area contributed by atoms with Crippen LogP contribution in [0.15, 0.2) is 42.6 Å². The highest BCUT2D eigenvalue weighted by Crippen LogP contribution is 2.04. The number of nitrogens with one attached hydrogen (secondary N) is 1. The molecule has 0 radical (unpaired) electrons. The molecule has 2 heterocycles. The third-order valence-corrected chi connectivity index (χ3v) is 4.62. The zero-order chi connectivity index (χ0) is 17.2. The molecular formula is C15H15N5O3S. The van der Waals surface area contributed by atoms with E-state index in [2.05, 4.69) is 15.1 Å². The summed E-state index contributed by atoms with van der Waals surface area (Å²) in [6.07, 6.45) is 1.85. The van der Waals surface area contributed by atoms with Crippen molar-refractivity contribution in [1.82, 2.24) is 24.3 Å². The molecule has 0 aliphatic heterocycles. The Kier molecular flexibility index (Phi) is 4.26. The number of aromatic nitrogens is 4. The zero-order valence-electron chi connectivity index (χ0n) is 12.9. The molecule has 1 N–H and O–H groups in total. The first-order valence-electron chi connectivity index (χ1n) is 7.22. The average Bonchev–Trinajstić information content (AvgIpc) is 3.00. The van der Waals surface area contributed by atoms with Gasteiger partial charge < -0.3 is 0 Å². The monoisotopic (exact) mass is 345 g/mol. The van der Waals surface area contributed by atoms with E-state index in [4.69, 9.17) is 0 Å². The minimum absolute atomic E-state index is 0.201. The number of nitrogens with zero attached hydrogens (tertiary/aromatic N) is 4. The Hall–Kier alpha value is -2.81. The molecule has 0 saturated heterocycles. The molecule has 9 heteroatoms. The molecule has 2 aromatic heterocycles. The van der Waals surface area contributed by atoms with Gasteiger partial charge in [0.15, 0.2) is 0 Å². The predicted octanol–water partition coefficient (Wildman–Crippen LogP) is 0.735. The maximum absolute atomic E-state index is 12.1. The van der Waals surface area contributed by atoms with Crippen LogP contribution in [0.5, 0.6) is 0 Å². The van der Waals surface area contributed by atoms with Crippen LogP contribution in [-0.4, -0.2) is 39.7 Å². The van der Waals surface area contributed by atoms with Crippen LogP contribution in [0, 0.1) is 6.92 Å². The summed E-state index contributed by atoms with van der Waals surface area (Å²) in [6.45, 7) is 1.78. The summed E-state index contributed by atoms with van der Waals surface area (Å²) in [5.74, 6) is -1.07. The average molecular weight is 345 g/mol. The number of aryl methyl sites for hydroxylation is 2. The lowest BCUT2D eigenvalue weighted by Gasteiger charge is -2.05. The second-order valence-corrected chi connectivity index (χ2v) is 7.06. The van der Waals surface area contributed by atoms with Gasteiger partial charge in [-0.05, 0) is 25.0 Å². The fraction of sp³-hybridized carbons (Fsp3) is 0.200. The number of hydrogen-bond acceptors (Lipinski definition) is 6. The van der Waals surface area contributed by atoms with Gasteiger partial charge in [-0.2, -0.15) is 4.98 Å². The SMILES string of the molecule is Cc1ccnc2nc(C(=O)NS(=O)(=O)CCc3ccccc3)nn12. The van der Waals surface area contributed by atoms with Crippen molar-refractivity contribution in [3.8, 4) is 0 Å². The van der Waals surface area contributed by atoms with Crippen LogP contribution >= 0.6 is 0 Å². The second kappa shape index (κ2) is 6.36. The Bertz CT molecular complexity index is 983. The summed E-state index contributed by atoms with van der Waals surface area (Å²) in [6, 6.07) is 10.9. The van der Waals surface area contributed by atoms with Gasteiger partial charge in [0.25, 0.3) is 5.78 Å². The van der Waals surface area contributed by atoms with Gasteiger partial charge in [0, 0.05) is 11.9 Å². The first-order chi connectivity index (χ1) is 11.4. The number of hydrogen-bond donors (Lipinski definition) is 1. The summed E-state index contributed by atoms with van der Waals surface area (Å²) in [5.41, 5.74) is 1.61. The number of benzene rings is 1. The second-order valence-electron chi connectivity index (χ2n) is 5.22. The van der Waals surface area contributed by atoms with Gasteiger partial charge in [0.2, 0.25) is 15.8 Å². The molecule has 0 saturated carbocycles. The third kappa shape index (κ3) is 3.57. The maximum Gasteiger partial charge on any atom is 0.304 e. The van der Waals surface area contributed by atoms with Crippen LogP contribution in [0.3, 0.4) is 0 Å². The summed E-state index contributed by atoms with van der Waals surface area (Å²) in [5, 5.41) is 3.98. The van der Waals surface area contributed by atoms with Crippen LogP contribution < -0.4 is 4.72 Å².